The topological polar surface area (TPSA) is 49.7 Å². The summed E-state index contributed by atoms with van der Waals surface area (Å²) in [6.07, 6.45) is 5.35. The molecule has 1 aliphatic carbocycles. The average molecular weight is 264 g/mol. The normalized spacial score (nSPS) is 19.9. The van der Waals surface area contributed by atoms with Crippen LogP contribution in [0.2, 0.25) is 0 Å². The van der Waals surface area contributed by atoms with Crippen molar-refractivity contribution < 1.29 is 14.9 Å². The summed E-state index contributed by atoms with van der Waals surface area (Å²) in [4.78, 5) is 0. The van der Waals surface area contributed by atoms with E-state index in [0.717, 1.165) is 37.0 Å². The quantitative estimate of drug-likeness (QED) is 0.858. The summed E-state index contributed by atoms with van der Waals surface area (Å²) in [5.41, 5.74) is 0.256. The van der Waals surface area contributed by atoms with Crippen LogP contribution in [0.15, 0.2) is 24.3 Å². The standard InChI is InChI=1S/C16H24O3/c1-2-15(17)13-6-8-14(9-7-13)19-12-16(18)10-4-3-5-11-16/h6-9,15,17-18H,2-5,10-12H2,1H3/t15-/m0/s1. The first kappa shape index (κ1) is 14.4. The fraction of sp³-hybridized carbons (Fsp3) is 0.625. The van der Waals surface area contributed by atoms with E-state index in [4.69, 9.17) is 4.74 Å². The zero-order valence-electron chi connectivity index (χ0n) is 11.6. The fourth-order valence-electron chi connectivity index (χ4n) is 2.59. The molecule has 2 N–H and O–H groups in total. The number of hydrogen-bond acceptors (Lipinski definition) is 3. The summed E-state index contributed by atoms with van der Waals surface area (Å²) in [5, 5.41) is 20.1. The number of hydrogen-bond donors (Lipinski definition) is 2. The third kappa shape index (κ3) is 3.95. The summed E-state index contributed by atoms with van der Waals surface area (Å²) in [5.74, 6) is 0.756. The Balaban J connectivity index is 1.89. The molecule has 1 aromatic carbocycles. The number of aliphatic hydroxyl groups excluding tert-OH is 1. The average Bonchev–Trinajstić information content (AvgIpc) is 2.46. The first-order chi connectivity index (χ1) is 9.13. The summed E-state index contributed by atoms with van der Waals surface area (Å²) in [7, 11) is 0. The lowest BCUT2D eigenvalue weighted by atomic mass is 9.85. The summed E-state index contributed by atoms with van der Waals surface area (Å²) in [6, 6.07) is 7.49. The maximum Gasteiger partial charge on any atom is 0.119 e. The van der Waals surface area contributed by atoms with Crippen LogP contribution in [0.1, 0.15) is 57.1 Å². The van der Waals surface area contributed by atoms with E-state index in [0.29, 0.717) is 13.0 Å². The lowest BCUT2D eigenvalue weighted by Gasteiger charge is -2.31. The van der Waals surface area contributed by atoms with Crippen molar-refractivity contribution >= 4 is 0 Å². The molecule has 1 aromatic rings. The van der Waals surface area contributed by atoms with Crippen molar-refractivity contribution in [2.24, 2.45) is 0 Å². The number of aliphatic hydroxyl groups is 2. The summed E-state index contributed by atoms with van der Waals surface area (Å²) < 4.78 is 5.69. The highest BCUT2D eigenvalue weighted by molar-refractivity contribution is 5.28. The van der Waals surface area contributed by atoms with Gasteiger partial charge in [-0.15, -0.1) is 0 Å². The summed E-state index contributed by atoms with van der Waals surface area (Å²) in [6.45, 7) is 2.32. The maximum absolute atomic E-state index is 10.3. The van der Waals surface area contributed by atoms with Crippen LogP contribution in [-0.4, -0.2) is 22.4 Å². The van der Waals surface area contributed by atoms with Gasteiger partial charge in [0.15, 0.2) is 0 Å². The van der Waals surface area contributed by atoms with Gasteiger partial charge in [-0.25, -0.2) is 0 Å². The highest BCUT2D eigenvalue weighted by atomic mass is 16.5. The zero-order chi connectivity index (χ0) is 13.7. The minimum atomic E-state index is -0.653. The Bertz CT molecular complexity index is 379. The van der Waals surface area contributed by atoms with E-state index in [-0.39, 0.29) is 0 Å². The third-order valence-electron chi connectivity index (χ3n) is 3.94. The van der Waals surface area contributed by atoms with Gasteiger partial charge in [0.05, 0.1) is 11.7 Å². The van der Waals surface area contributed by atoms with Crippen molar-refractivity contribution in [1.82, 2.24) is 0 Å². The number of ether oxygens (including phenoxy) is 1. The van der Waals surface area contributed by atoms with Crippen LogP contribution in [0, 0.1) is 0 Å². The Morgan fingerprint density at radius 2 is 1.79 bits per heavy atom. The SMILES string of the molecule is CC[C@H](O)c1ccc(OCC2(O)CCCCC2)cc1. The van der Waals surface area contributed by atoms with Crippen LogP contribution >= 0.6 is 0 Å². The Hall–Kier alpha value is -1.06. The smallest absolute Gasteiger partial charge is 0.119 e. The molecule has 0 spiro atoms. The molecule has 0 aromatic heterocycles. The highest BCUT2D eigenvalue weighted by Gasteiger charge is 2.29. The van der Waals surface area contributed by atoms with Gasteiger partial charge in [0.1, 0.15) is 12.4 Å². The molecule has 0 unspecified atom stereocenters. The van der Waals surface area contributed by atoms with Crippen molar-refractivity contribution in [3.8, 4) is 5.75 Å². The van der Waals surface area contributed by atoms with E-state index in [2.05, 4.69) is 0 Å². The molecule has 1 aliphatic rings. The van der Waals surface area contributed by atoms with Gasteiger partial charge in [-0.05, 0) is 37.0 Å². The molecule has 0 amide bonds. The van der Waals surface area contributed by atoms with Crippen molar-refractivity contribution in [2.45, 2.75) is 57.2 Å². The molecule has 19 heavy (non-hydrogen) atoms. The van der Waals surface area contributed by atoms with E-state index in [1.165, 1.54) is 6.42 Å². The Labute approximate surface area is 115 Å². The monoisotopic (exact) mass is 264 g/mol. The molecule has 0 saturated heterocycles. The molecular weight excluding hydrogens is 240 g/mol. The fourth-order valence-corrected chi connectivity index (χ4v) is 2.59. The number of rotatable bonds is 5. The Kier molecular flexibility index (Phi) is 4.83. The van der Waals surface area contributed by atoms with Gasteiger partial charge < -0.3 is 14.9 Å². The Morgan fingerprint density at radius 1 is 1.16 bits per heavy atom. The van der Waals surface area contributed by atoms with Crippen LogP contribution in [0.25, 0.3) is 0 Å². The van der Waals surface area contributed by atoms with E-state index in [9.17, 15) is 10.2 Å². The molecule has 2 rings (SSSR count). The number of benzene rings is 1. The van der Waals surface area contributed by atoms with Gasteiger partial charge in [-0.3, -0.25) is 0 Å². The second-order valence-corrected chi connectivity index (χ2v) is 5.57. The van der Waals surface area contributed by atoms with E-state index in [1.807, 2.05) is 31.2 Å². The van der Waals surface area contributed by atoms with Crippen LogP contribution < -0.4 is 4.74 Å². The van der Waals surface area contributed by atoms with E-state index >= 15 is 0 Å². The van der Waals surface area contributed by atoms with Gasteiger partial charge >= 0.3 is 0 Å². The van der Waals surface area contributed by atoms with Gasteiger partial charge in [-0.1, -0.05) is 38.3 Å². The molecule has 1 fully saturated rings. The van der Waals surface area contributed by atoms with Crippen molar-refractivity contribution in [3.05, 3.63) is 29.8 Å². The molecule has 0 aliphatic heterocycles. The van der Waals surface area contributed by atoms with Crippen molar-refractivity contribution in [1.29, 1.82) is 0 Å². The van der Waals surface area contributed by atoms with E-state index in [1.54, 1.807) is 0 Å². The molecule has 0 bridgehead atoms. The highest BCUT2D eigenvalue weighted by Crippen LogP contribution is 2.29. The molecule has 3 nitrogen and oxygen atoms in total. The summed E-state index contributed by atoms with van der Waals surface area (Å²) >= 11 is 0. The second kappa shape index (κ2) is 6.40. The van der Waals surface area contributed by atoms with Crippen LogP contribution in [0.4, 0.5) is 0 Å². The van der Waals surface area contributed by atoms with Crippen LogP contribution in [0.3, 0.4) is 0 Å². The van der Waals surface area contributed by atoms with Crippen LogP contribution in [0.5, 0.6) is 5.75 Å². The van der Waals surface area contributed by atoms with Crippen LogP contribution in [-0.2, 0) is 0 Å². The minimum Gasteiger partial charge on any atom is -0.491 e. The predicted molar refractivity (Wildman–Crippen MR) is 75.2 cm³/mol. The van der Waals surface area contributed by atoms with Gasteiger partial charge in [-0.2, -0.15) is 0 Å². The van der Waals surface area contributed by atoms with E-state index < -0.39 is 11.7 Å². The molecule has 0 radical (unpaired) electrons. The molecule has 106 valence electrons. The minimum absolute atomic E-state index is 0.364. The zero-order valence-corrected chi connectivity index (χ0v) is 11.6. The largest absolute Gasteiger partial charge is 0.491 e. The molecular formula is C16H24O3. The molecule has 3 heteroatoms. The van der Waals surface area contributed by atoms with Gasteiger partial charge in [0.2, 0.25) is 0 Å². The molecule has 0 heterocycles. The van der Waals surface area contributed by atoms with Crippen molar-refractivity contribution in [2.75, 3.05) is 6.61 Å². The first-order valence-corrected chi connectivity index (χ1v) is 7.26. The third-order valence-corrected chi connectivity index (χ3v) is 3.94. The molecule has 1 atom stereocenters. The van der Waals surface area contributed by atoms with Gasteiger partial charge in [0.25, 0.3) is 0 Å². The first-order valence-electron chi connectivity index (χ1n) is 7.26. The predicted octanol–water partition coefficient (Wildman–Crippen LogP) is 3.20. The van der Waals surface area contributed by atoms with Gasteiger partial charge in [0, 0.05) is 0 Å². The Morgan fingerprint density at radius 3 is 2.37 bits per heavy atom. The lowest BCUT2D eigenvalue weighted by molar-refractivity contribution is -0.0339. The second-order valence-electron chi connectivity index (χ2n) is 5.57. The lowest BCUT2D eigenvalue weighted by Crippen LogP contribution is -2.37. The maximum atomic E-state index is 10.3. The van der Waals surface area contributed by atoms with Crippen molar-refractivity contribution in [3.63, 3.8) is 0 Å². The molecule has 1 saturated carbocycles.